The van der Waals surface area contributed by atoms with Gasteiger partial charge in [-0.2, -0.15) is 11.8 Å². The van der Waals surface area contributed by atoms with E-state index in [1.165, 1.54) is 12.1 Å². The Balaban J connectivity index is 2.28. The predicted octanol–water partition coefficient (Wildman–Crippen LogP) is 3.89. The lowest BCUT2D eigenvalue weighted by Crippen LogP contribution is -2.26. The summed E-state index contributed by atoms with van der Waals surface area (Å²) in [5.41, 5.74) is 1.41. The SMILES string of the molecule is CC(C)C1SCc2ccc(OC(F)(F)F)cc2C1O. The van der Waals surface area contributed by atoms with E-state index in [0.29, 0.717) is 11.3 Å². The minimum absolute atomic E-state index is 0.00589. The zero-order chi connectivity index (χ0) is 14.2. The lowest BCUT2D eigenvalue weighted by Gasteiger charge is -2.32. The molecule has 2 rings (SSSR count). The molecule has 19 heavy (non-hydrogen) atoms. The molecule has 1 heterocycles. The van der Waals surface area contributed by atoms with Crippen molar-refractivity contribution >= 4 is 11.8 Å². The molecule has 0 bridgehead atoms. The molecule has 6 heteroatoms. The second kappa shape index (κ2) is 5.25. The number of halogens is 3. The second-order valence-corrected chi connectivity index (χ2v) is 6.04. The van der Waals surface area contributed by atoms with E-state index >= 15 is 0 Å². The molecule has 1 aromatic rings. The molecule has 0 aliphatic carbocycles. The van der Waals surface area contributed by atoms with Gasteiger partial charge in [-0.3, -0.25) is 0 Å². The first-order valence-corrected chi connectivity index (χ1v) is 7.01. The molecule has 0 fully saturated rings. The third-order valence-corrected chi connectivity index (χ3v) is 4.73. The molecule has 1 N–H and O–H groups in total. The summed E-state index contributed by atoms with van der Waals surface area (Å²) < 4.78 is 40.5. The second-order valence-electron chi connectivity index (χ2n) is 4.87. The number of ether oxygens (including phenoxy) is 1. The van der Waals surface area contributed by atoms with Crippen molar-refractivity contribution in [2.24, 2.45) is 5.92 Å². The number of hydrogen-bond donors (Lipinski definition) is 1. The van der Waals surface area contributed by atoms with Crippen molar-refractivity contribution in [3.8, 4) is 5.75 Å². The van der Waals surface area contributed by atoms with E-state index in [9.17, 15) is 18.3 Å². The number of fused-ring (bicyclic) bond motifs is 1. The Labute approximate surface area is 114 Å². The highest BCUT2D eigenvalue weighted by atomic mass is 32.2. The zero-order valence-corrected chi connectivity index (χ0v) is 11.4. The number of benzene rings is 1. The van der Waals surface area contributed by atoms with Crippen LogP contribution in [0.5, 0.6) is 5.75 Å². The van der Waals surface area contributed by atoms with Gasteiger partial charge in [0.05, 0.1) is 6.10 Å². The third-order valence-electron chi connectivity index (χ3n) is 3.07. The molecule has 0 radical (unpaired) electrons. The Morgan fingerprint density at radius 2 is 2.05 bits per heavy atom. The van der Waals surface area contributed by atoms with E-state index < -0.39 is 12.5 Å². The highest BCUT2D eigenvalue weighted by Gasteiger charge is 2.34. The monoisotopic (exact) mass is 292 g/mol. The van der Waals surface area contributed by atoms with Crippen LogP contribution in [0.2, 0.25) is 0 Å². The lowest BCUT2D eigenvalue weighted by molar-refractivity contribution is -0.274. The van der Waals surface area contributed by atoms with Crippen LogP contribution >= 0.6 is 11.8 Å². The number of aliphatic hydroxyl groups excluding tert-OH is 1. The van der Waals surface area contributed by atoms with Crippen molar-refractivity contribution in [2.45, 2.75) is 37.3 Å². The first-order valence-electron chi connectivity index (χ1n) is 5.96. The van der Waals surface area contributed by atoms with Gasteiger partial charge in [0.15, 0.2) is 0 Å². The normalized spacial score (nSPS) is 23.3. The first kappa shape index (κ1) is 14.5. The van der Waals surface area contributed by atoms with Crippen molar-refractivity contribution in [1.82, 2.24) is 0 Å². The largest absolute Gasteiger partial charge is 0.573 e. The van der Waals surface area contributed by atoms with E-state index in [-0.39, 0.29) is 16.9 Å². The van der Waals surface area contributed by atoms with Crippen molar-refractivity contribution in [2.75, 3.05) is 0 Å². The minimum Gasteiger partial charge on any atom is -0.406 e. The fourth-order valence-electron chi connectivity index (χ4n) is 2.19. The Morgan fingerprint density at radius 3 is 2.63 bits per heavy atom. The summed E-state index contributed by atoms with van der Waals surface area (Å²) in [6.07, 6.45) is -5.47. The Bertz CT molecular complexity index is 460. The molecule has 1 aliphatic heterocycles. The average molecular weight is 292 g/mol. The van der Waals surface area contributed by atoms with Crippen molar-refractivity contribution < 1.29 is 23.0 Å². The van der Waals surface area contributed by atoms with Crippen LogP contribution in [0.4, 0.5) is 13.2 Å². The molecule has 0 saturated heterocycles. The van der Waals surface area contributed by atoms with Crippen LogP contribution in [0.3, 0.4) is 0 Å². The van der Waals surface area contributed by atoms with Crippen LogP contribution < -0.4 is 4.74 Å². The molecule has 1 aromatic carbocycles. The smallest absolute Gasteiger partial charge is 0.406 e. The van der Waals surface area contributed by atoms with Gasteiger partial charge in [-0.05, 0) is 29.2 Å². The fourth-order valence-corrected chi connectivity index (χ4v) is 3.54. The van der Waals surface area contributed by atoms with Gasteiger partial charge in [-0.15, -0.1) is 13.2 Å². The van der Waals surface area contributed by atoms with Crippen LogP contribution in [0.1, 0.15) is 31.1 Å². The number of rotatable bonds is 2. The third kappa shape index (κ3) is 3.36. The van der Waals surface area contributed by atoms with E-state index in [0.717, 1.165) is 5.56 Å². The maximum absolute atomic E-state index is 12.2. The summed E-state index contributed by atoms with van der Waals surface area (Å²) in [5, 5.41) is 10.3. The van der Waals surface area contributed by atoms with Gasteiger partial charge in [0, 0.05) is 11.0 Å². The molecule has 0 aromatic heterocycles. The van der Waals surface area contributed by atoms with Gasteiger partial charge in [0.25, 0.3) is 0 Å². The molecule has 2 atom stereocenters. The number of hydrogen-bond acceptors (Lipinski definition) is 3. The Kier molecular flexibility index (Phi) is 4.01. The van der Waals surface area contributed by atoms with Crippen LogP contribution in [-0.4, -0.2) is 16.7 Å². The maximum atomic E-state index is 12.2. The predicted molar refractivity (Wildman–Crippen MR) is 68.0 cm³/mol. The van der Waals surface area contributed by atoms with Gasteiger partial charge in [0.1, 0.15) is 5.75 Å². The standard InChI is InChI=1S/C13H15F3O2S/c1-7(2)12-11(17)10-5-9(18-13(14,15)16)4-3-8(10)6-19-12/h3-5,7,11-12,17H,6H2,1-2H3. The van der Waals surface area contributed by atoms with Crippen LogP contribution in [0, 0.1) is 5.92 Å². The van der Waals surface area contributed by atoms with Gasteiger partial charge >= 0.3 is 6.36 Å². The summed E-state index contributed by atoms with van der Waals surface area (Å²) >= 11 is 1.63. The molecule has 1 aliphatic rings. The molecule has 0 amide bonds. The number of aliphatic hydroxyl groups is 1. The highest BCUT2D eigenvalue weighted by molar-refractivity contribution is 7.99. The Hall–Kier alpha value is -0.880. The van der Waals surface area contributed by atoms with Gasteiger partial charge in [-0.1, -0.05) is 19.9 Å². The van der Waals surface area contributed by atoms with Crippen LogP contribution in [-0.2, 0) is 5.75 Å². The van der Waals surface area contributed by atoms with E-state index in [1.807, 2.05) is 13.8 Å². The van der Waals surface area contributed by atoms with Crippen molar-refractivity contribution in [3.63, 3.8) is 0 Å². The lowest BCUT2D eigenvalue weighted by atomic mass is 9.95. The minimum atomic E-state index is -4.71. The quantitative estimate of drug-likeness (QED) is 0.896. The fraction of sp³-hybridized carbons (Fsp3) is 0.538. The van der Waals surface area contributed by atoms with Crippen molar-refractivity contribution in [1.29, 1.82) is 0 Å². The van der Waals surface area contributed by atoms with Crippen LogP contribution in [0.15, 0.2) is 18.2 Å². The van der Waals surface area contributed by atoms with Crippen molar-refractivity contribution in [3.05, 3.63) is 29.3 Å². The van der Waals surface area contributed by atoms with E-state index in [2.05, 4.69) is 4.74 Å². The van der Waals surface area contributed by atoms with E-state index in [1.54, 1.807) is 17.8 Å². The Morgan fingerprint density at radius 1 is 1.37 bits per heavy atom. The maximum Gasteiger partial charge on any atom is 0.573 e. The molecular formula is C13H15F3O2S. The number of alkyl halides is 3. The highest BCUT2D eigenvalue weighted by Crippen LogP contribution is 2.42. The molecular weight excluding hydrogens is 277 g/mol. The van der Waals surface area contributed by atoms with Gasteiger partial charge in [0.2, 0.25) is 0 Å². The summed E-state index contributed by atoms with van der Waals surface area (Å²) in [4.78, 5) is 0. The molecule has 2 nitrogen and oxygen atoms in total. The molecule has 0 spiro atoms. The molecule has 106 valence electrons. The summed E-state index contributed by atoms with van der Waals surface area (Å²) in [5.74, 6) is 0.668. The average Bonchev–Trinajstić information content (AvgIpc) is 2.27. The first-order chi connectivity index (χ1) is 8.78. The topological polar surface area (TPSA) is 29.5 Å². The molecule has 0 saturated carbocycles. The van der Waals surface area contributed by atoms with Crippen LogP contribution in [0.25, 0.3) is 0 Å². The molecule has 2 unspecified atom stereocenters. The van der Waals surface area contributed by atoms with Gasteiger partial charge in [-0.25, -0.2) is 0 Å². The van der Waals surface area contributed by atoms with Gasteiger partial charge < -0.3 is 9.84 Å². The summed E-state index contributed by atoms with van der Waals surface area (Å²) in [6.45, 7) is 3.98. The summed E-state index contributed by atoms with van der Waals surface area (Å²) in [7, 11) is 0. The van der Waals surface area contributed by atoms with E-state index in [4.69, 9.17) is 0 Å². The summed E-state index contributed by atoms with van der Waals surface area (Å²) in [6, 6.07) is 4.17. The number of thioether (sulfide) groups is 1. The zero-order valence-electron chi connectivity index (χ0n) is 10.6.